The molecule has 0 radical (unpaired) electrons. The van der Waals surface area contributed by atoms with Crippen LogP contribution in [-0.4, -0.2) is 42.0 Å². The second-order valence-corrected chi connectivity index (χ2v) is 4.98. The first-order chi connectivity index (χ1) is 8.42. The summed E-state index contributed by atoms with van der Waals surface area (Å²) in [7, 11) is 0. The van der Waals surface area contributed by atoms with E-state index in [1.165, 1.54) is 39.0 Å². The van der Waals surface area contributed by atoms with Crippen LogP contribution in [0.1, 0.15) is 18.6 Å². The Kier molecular flexibility index (Phi) is 3.18. The van der Waals surface area contributed by atoms with Crippen LogP contribution < -0.4 is 0 Å². The largest absolute Gasteiger partial charge is 0.469 e. The lowest BCUT2D eigenvalue weighted by molar-refractivity contribution is 0.221. The minimum Gasteiger partial charge on any atom is -0.469 e. The second kappa shape index (κ2) is 4.96. The number of rotatable bonds is 3. The van der Waals surface area contributed by atoms with Crippen LogP contribution in [0.4, 0.5) is 0 Å². The number of hydrogen-bond acceptors (Lipinski definition) is 3. The Bertz CT molecular complexity index is 364. The van der Waals surface area contributed by atoms with Gasteiger partial charge >= 0.3 is 0 Å². The molecule has 0 amide bonds. The standard InChI is InChI=1S/C14H20N2O/c1(3-14-4-2-12-17-14)7-16-11-10-15-8-5-13(16)6-9-15/h1-2,4,7,12-13H,3,5-6,8-11H2/b7-1+. The summed E-state index contributed by atoms with van der Waals surface area (Å²) >= 11 is 0. The highest BCUT2D eigenvalue weighted by Crippen LogP contribution is 2.20. The smallest absolute Gasteiger partial charge is 0.107 e. The van der Waals surface area contributed by atoms with Gasteiger partial charge < -0.3 is 14.2 Å². The van der Waals surface area contributed by atoms with Crippen LogP contribution in [0.3, 0.4) is 0 Å². The summed E-state index contributed by atoms with van der Waals surface area (Å²) in [5, 5.41) is 0. The summed E-state index contributed by atoms with van der Waals surface area (Å²) in [6.45, 7) is 4.97. The van der Waals surface area contributed by atoms with Gasteiger partial charge in [-0.05, 0) is 31.2 Å². The first-order valence-electron chi connectivity index (χ1n) is 6.59. The summed E-state index contributed by atoms with van der Waals surface area (Å²) in [6.07, 6.45) is 9.80. The Morgan fingerprint density at radius 1 is 1.24 bits per heavy atom. The topological polar surface area (TPSA) is 19.6 Å². The monoisotopic (exact) mass is 232 g/mol. The first kappa shape index (κ1) is 10.9. The van der Waals surface area contributed by atoms with Crippen molar-refractivity contribution in [3.8, 4) is 0 Å². The number of hydrogen-bond donors (Lipinski definition) is 0. The lowest BCUT2D eigenvalue weighted by atomic mass is 10.1. The predicted molar refractivity (Wildman–Crippen MR) is 67.7 cm³/mol. The van der Waals surface area contributed by atoms with Gasteiger partial charge in [0.25, 0.3) is 0 Å². The van der Waals surface area contributed by atoms with Crippen molar-refractivity contribution in [2.75, 3.05) is 26.2 Å². The van der Waals surface area contributed by atoms with E-state index in [0.717, 1.165) is 18.2 Å². The van der Waals surface area contributed by atoms with Gasteiger partial charge in [0.2, 0.25) is 0 Å². The molecule has 4 rings (SSSR count). The normalized spacial score (nSPS) is 28.8. The molecular formula is C14H20N2O. The van der Waals surface area contributed by atoms with Gasteiger partial charge in [-0.1, -0.05) is 6.08 Å². The molecule has 0 spiro atoms. The Hall–Kier alpha value is -1.22. The van der Waals surface area contributed by atoms with E-state index >= 15 is 0 Å². The number of furan rings is 1. The molecule has 3 fully saturated rings. The molecule has 3 nitrogen and oxygen atoms in total. The summed E-state index contributed by atoms with van der Waals surface area (Å²) < 4.78 is 5.33. The van der Waals surface area contributed by atoms with E-state index in [1.807, 2.05) is 12.1 Å². The highest BCUT2D eigenvalue weighted by molar-refractivity contribution is 5.04. The fourth-order valence-electron chi connectivity index (χ4n) is 2.84. The van der Waals surface area contributed by atoms with E-state index in [9.17, 15) is 0 Å². The number of allylic oxidation sites excluding steroid dienone is 1. The number of nitrogens with zero attached hydrogens (tertiary/aromatic N) is 2. The molecular weight excluding hydrogens is 212 g/mol. The molecule has 2 bridgehead atoms. The van der Waals surface area contributed by atoms with Crippen molar-refractivity contribution in [2.24, 2.45) is 0 Å². The van der Waals surface area contributed by atoms with Crippen LogP contribution in [0.15, 0.2) is 35.1 Å². The summed E-state index contributed by atoms with van der Waals surface area (Å²) in [4.78, 5) is 5.10. The van der Waals surface area contributed by atoms with Gasteiger partial charge in [-0.15, -0.1) is 0 Å². The van der Waals surface area contributed by atoms with Gasteiger partial charge in [0.05, 0.1) is 6.26 Å². The molecule has 0 N–H and O–H groups in total. The highest BCUT2D eigenvalue weighted by atomic mass is 16.3. The highest BCUT2D eigenvalue weighted by Gasteiger charge is 2.26. The zero-order valence-corrected chi connectivity index (χ0v) is 10.2. The number of fused-ring (bicyclic) bond motifs is 4. The van der Waals surface area contributed by atoms with Gasteiger partial charge in [0.15, 0.2) is 0 Å². The van der Waals surface area contributed by atoms with Crippen molar-refractivity contribution in [3.63, 3.8) is 0 Å². The van der Waals surface area contributed by atoms with Crippen LogP contribution in [0, 0.1) is 0 Å². The zero-order chi connectivity index (χ0) is 11.5. The van der Waals surface area contributed by atoms with E-state index < -0.39 is 0 Å². The quantitative estimate of drug-likeness (QED) is 0.796. The van der Waals surface area contributed by atoms with Gasteiger partial charge in [-0.25, -0.2) is 0 Å². The van der Waals surface area contributed by atoms with Crippen molar-refractivity contribution in [1.29, 1.82) is 0 Å². The van der Waals surface area contributed by atoms with E-state index in [1.54, 1.807) is 6.26 Å². The maximum Gasteiger partial charge on any atom is 0.107 e. The number of piperidine rings is 1. The molecule has 4 heterocycles. The second-order valence-electron chi connectivity index (χ2n) is 4.98. The summed E-state index contributed by atoms with van der Waals surface area (Å²) in [5.74, 6) is 1.05. The third kappa shape index (κ3) is 2.55. The third-order valence-corrected chi connectivity index (χ3v) is 3.90. The van der Waals surface area contributed by atoms with Crippen LogP contribution in [0.25, 0.3) is 0 Å². The summed E-state index contributed by atoms with van der Waals surface area (Å²) in [6, 6.07) is 4.75. The van der Waals surface area contributed by atoms with E-state index in [0.29, 0.717) is 0 Å². The average Bonchev–Trinajstić information content (AvgIpc) is 2.73. The fraction of sp³-hybridized carbons (Fsp3) is 0.571. The van der Waals surface area contributed by atoms with E-state index in [4.69, 9.17) is 4.42 Å². The summed E-state index contributed by atoms with van der Waals surface area (Å²) in [5.41, 5.74) is 0. The molecule has 0 aromatic carbocycles. The lowest BCUT2D eigenvalue weighted by Gasteiger charge is -2.30. The zero-order valence-electron chi connectivity index (χ0n) is 10.2. The van der Waals surface area contributed by atoms with Gasteiger partial charge in [-0.3, -0.25) is 0 Å². The SMILES string of the molecule is C(=C\N1CCN2CCC1CC2)/Cc1ccco1. The Morgan fingerprint density at radius 3 is 2.88 bits per heavy atom. The molecule has 3 heteroatoms. The van der Waals surface area contributed by atoms with Crippen LogP contribution in [0.2, 0.25) is 0 Å². The van der Waals surface area contributed by atoms with Gasteiger partial charge in [-0.2, -0.15) is 0 Å². The minimum atomic E-state index is 0.765. The average molecular weight is 232 g/mol. The molecule has 3 aliphatic rings. The molecule has 1 aromatic heterocycles. The lowest BCUT2D eigenvalue weighted by Crippen LogP contribution is -2.35. The molecule has 3 aliphatic heterocycles. The van der Waals surface area contributed by atoms with Crippen LogP contribution in [-0.2, 0) is 6.42 Å². The maximum atomic E-state index is 5.33. The molecule has 0 unspecified atom stereocenters. The maximum absolute atomic E-state index is 5.33. The first-order valence-corrected chi connectivity index (χ1v) is 6.59. The molecule has 0 atom stereocenters. The molecule has 1 aromatic rings. The fourth-order valence-corrected chi connectivity index (χ4v) is 2.84. The van der Waals surface area contributed by atoms with E-state index in [2.05, 4.69) is 22.1 Å². The Morgan fingerprint density at radius 2 is 2.12 bits per heavy atom. The molecule has 92 valence electrons. The third-order valence-electron chi connectivity index (χ3n) is 3.90. The molecule has 0 saturated carbocycles. The van der Waals surface area contributed by atoms with Crippen molar-refractivity contribution in [3.05, 3.63) is 36.4 Å². The Labute approximate surface area is 103 Å². The van der Waals surface area contributed by atoms with Crippen molar-refractivity contribution < 1.29 is 4.42 Å². The predicted octanol–water partition coefficient (Wildman–Crippen LogP) is 2.12. The molecule has 3 saturated heterocycles. The van der Waals surface area contributed by atoms with Crippen LogP contribution >= 0.6 is 0 Å². The minimum absolute atomic E-state index is 0.765. The van der Waals surface area contributed by atoms with Gasteiger partial charge in [0, 0.05) is 38.6 Å². The van der Waals surface area contributed by atoms with E-state index in [-0.39, 0.29) is 0 Å². The Balaban J connectivity index is 1.58. The molecule has 0 aliphatic carbocycles. The van der Waals surface area contributed by atoms with Crippen LogP contribution in [0.5, 0.6) is 0 Å². The van der Waals surface area contributed by atoms with Crippen molar-refractivity contribution in [2.45, 2.75) is 25.3 Å². The van der Waals surface area contributed by atoms with Gasteiger partial charge in [0.1, 0.15) is 5.76 Å². The van der Waals surface area contributed by atoms with Crippen molar-refractivity contribution in [1.82, 2.24) is 9.80 Å². The molecule has 17 heavy (non-hydrogen) atoms. The van der Waals surface area contributed by atoms with Crippen molar-refractivity contribution >= 4 is 0 Å².